The van der Waals surface area contributed by atoms with Crippen molar-refractivity contribution in [2.75, 3.05) is 13.7 Å². The highest BCUT2D eigenvalue weighted by molar-refractivity contribution is 5.67. The minimum absolute atomic E-state index is 0.163. The van der Waals surface area contributed by atoms with E-state index in [4.69, 9.17) is 0 Å². The van der Waals surface area contributed by atoms with Gasteiger partial charge in [0.15, 0.2) is 0 Å². The van der Waals surface area contributed by atoms with Gasteiger partial charge in [-0.15, -0.1) is 0 Å². The van der Waals surface area contributed by atoms with E-state index in [1.54, 1.807) is 0 Å². The van der Waals surface area contributed by atoms with Gasteiger partial charge in [0.2, 0.25) is 0 Å². The van der Waals surface area contributed by atoms with Crippen molar-refractivity contribution in [1.82, 2.24) is 10.6 Å². The van der Waals surface area contributed by atoms with Gasteiger partial charge in [0.05, 0.1) is 7.11 Å². The Kier molecular flexibility index (Phi) is 2.70. The van der Waals surface area contributed by atoms with Crippen molar-refractivity contribution < 1.29 is 9.53 Å². The molecule has 1 fully saturated rings. The Morgan fingerprint density at radius 2 is 2.45 bits per heavy atom. The summed E-state index contributed by atoms with van der Waals surface area (Å²) in [6, 6.07) is 0.588. The molecule has 1 aliphatic heterocycles. The molecular formula is C7H14N2O2. The summed E-state index contributed by atoms with van der Waals surface area (Å²) in [5, 5.41) is 5.91. The normalized spacial score (nSPS) is 25.1. The molecule has 0 aromatic rings. The first kappa shape index (κ1) is 8.33. The summed E-state index contributed by atoms with van der Waals surface area (Å²) < 4.78 is 4.46. The average molecular weight is 158 g/mol. The Morgan fingerprint density at radius 1 is 1.82 bits per heavy atom. The molecule has 0 radical (unpaired) electrons. The number of amides is 1. The molecule has 0 saturated carbocycles. The number of rotatable bonds is 2. The van der Waals surface area contributed by atoms with Crippen LogP contribution in [0.3, 0.4) is 0 Å². The Balaban J connectivity index is 2.19. The molecule has 1 saturated heterocycles. The Morgan fingerprint density at radius 3 is 2.82 bits per heavy atom. The van der Waals surface area contributed by atoms with Gasteiger partial charge in [0.25, 0.3) is 0 Å². The number of methoxy groups -OCH3 is 1. The summed E-state index contributed by atoms with van der Waals surface area (Å²) in [5.74, 6) is 0. The summed E-state index contributed by atoms with van der Waals surface area (Å²) in [4.78, 5) is 10.7. The molecule has 0 spiro atoms. The highest BCUT2D eigenvalue weighted by Gasteiger charge is 2.24. The Hall–Kier alpha value is -0.770. The fraction of sp³-hybridized carbons (Fsp3) is 0.857. The van der Waals surface area contributed by atoms with Crippen LogP contribution >= 0.6 is 0 Å². The van der Waals surface area contributed by atoms with Gasteiger partial charge >= 0.3 is 6.09 Å². The first-order chi connectivity index (χ1) is 5.24. The summed E-state index contributed by atoms with van der Waals surface area (Å²) in [6.45, 7) is 3.02. The number of alkyl carbamates (subject to hydrolysis) is 1. The van der Waals surface area contributed by atoms with Gasteiger partial charge in [0, 0.05) is 12.1 Å². The highest BCUT2D eigenvalue weighted by Crippen LogP contribution is 2.06. The average Bonchev–Trinajstić information content (AvgIpc) is 1.83. The fourth-order valence-electron chi connectivity index (χ4n) is 1.08. The van der Waals surface area contributed by atoms with Crippen molar-refractivity contribution in [1.29, 1.82) is 0 Å². The van der Waals surface area contributed by atoms with Crippen molar-refractivity contribution in [2.24, 2.45) is 0 Å². The van der Waals surface area contributed by atoms with E-state index < -0.39 is 0 Å². The number of carbonyl (C=O) groups excluding carboxylic acids is 1. The molecule has 1 rings (SSSR count). The van der Waals surface area contributed by atoms with E-state index in [0.717, 1.165) is 13.0 Å². The van der Waals surface area contributed by atoms with Gasteiger partial charge in [0.1, 0.15) is 0 Å². The summed E-state index contributed by atoms with van der Waals surface area (Å²) in [7, 11) is 1.37. The second-order valence-corrected chi connectivity index (χ2v) is 2.77. The van der Waals surface area contributed by atoms with Crippen LogP contribution in [0.5, 0.6) is 0 Å². The molecule has 1 amide bonds. The molecule has 4 heteroatoms. The molecule has 2 unspecified atom stereocenters. The van der Waals surface area contributed by atoms with Crippen LogP contribution in [0.4, 0.5) is 4.79 Å². The second-order valence-electron chi connectivity index (χ2n) is 2.77. The van der Waals surface area contributed by atoms with Crippen LogP contribution in [0.15, 0.2) is 0 Å². The molecule has 0 aliphatic carbocycles. The maximum absolute atomic E-state index is 10.7. The highest BCUT2D eigenvalue weighted by atomic mass is 16.5. The topological polar surface area (TPSA) is 50.4 Å². The number of nitrogens with one attached hydrogen (secondary N) is 2. The van der Waals surface area contributed by atoms with Gasteiger partial charge in [-0.2, -0.15) is 0 Å². The molecule has 0 aromatic carbocycles. The van der Waals surface area contributed by atoms with Gasteiger partial charge in [-0.05, 0) is 19.9 Å². The fourth-order valence-corrected chi connectivity index (χ4v) is 1.08. The minimum atomic E-state index is -0.355. The summed E-state index contributed by atoms with van der Waals surface area (Å²) in [6.07, 6.45) is 0.775. The lowest BCUT2D eigenvalue weighted by Gasteiger charge is -2.33. The van der Waals surface area contributed by atoms with Gasteiger partial charge in [-0.25, -0.2) is 4.79 Å². The zero-order chi connectivity index (χ0) is 8.27. The van der Waals surface area contributed by atoms with E-state index >= 15 is 0 Å². The van der Waals surface area contributed by atoms with Crippen molar-refractivity contribution in [3.63, 3.8) is 0 Å². The van der Waals surface area contributed by atoms with Crippen molar-refractivity contribution >= 4 is 6.09 Å². The summed E-state index contributed by atoms with van der Waals surface area (Å²) in [5.41, 5.74) is 0. The third-order valence-electron chi connectivity index (χ3n) is 2.00. The van der Waals surface area contributed by atoms with Crippen LogP contribution in [-0.4, -0.2) is 31.8 Å². The number of hydrogen-bond acceptors (Lipinski definition) is 3. The van der Waals surface area contributed by atoms with Crippen LogP contribution in [0.1, 0.15) is 13.3 Å². The van der Waals surface area contributed by atoms with E-state index in [1.807, 2.05) is 6.92 Å². The van der Waals surface area contributed by atoms with Crippen LogP contribution < -0.4 is 10.6 Å². The molecule has 1 aliphatic rings. The maximum Gasteiger partial charge on any atom is 0.407 e. The first-order valence-electron chi connectivity index (χ1n) is 3.82. The van der Waals surface area contributed by atoms with Crippen molar-refractivity contribution in [3.05, 3.63) is 0 Å². The molecule has 0 bridgehead atoms. The third-order valence-corrected chi connectivity index (χ3v) is 2.00. The summed E-state index contributed by atoms with van der Waals surface area (Å²) >= 11 is 0. The van der Waals surface area contributed by atoms with Crippen molar-refractivity contribution in [2.45, 2.75) is 25.4 Å². The molecule has 0 aromatic heterocycles. The van der Waals surface area contributed by atoms with Crippen molar-refractivity contribution in [3.8, 4) is 0 Å². The lowest BCUT2D eigenvalue weighted by Crippen LogP contribution is -2.55. The van der Waals surface area contributed by atoms with Gasteiger partial charge < -0.3 is 15.4 Å². The molecule has 2 N–H and O–H groups in total. The molecule has 1 heterocycles. The zero-order valence-corrected chi connectivity index (χ0v) is 6.89. The molecule has 4 nitrogen and oxygen atoms in total. The molecule has 2 atom stereocenters. The minimum Gasteiger partial charge on any atom is -0.453 e. The van der Waals surface area contributed by atoms with Gasteiger partial charge in [-0.1, -0.05) is 0 Å². The number of ether oxygens (including phenoxy) is 1. The smallest absolute Gasteiger partial charge is 0.407 e. The molecule has 64 valence electrons. The lowest BCUT2D eigenvalue weighted by molar-refractivity contribution is 0.160. The number of carbonyl (C=O) groups is 1. The van der Waals surface area contributed by atoms with E-state index in [1.165, 1.54) is 7.11 Å². The van der Waals surface area contributed by atoms with E-state index in [0.29, 0.717) is 6.04 Å². The predicted molar refractivity (Wildman–Crippen MR) is 41.4 cm³/mol. The SMILES string of the molecule is COC(=O)NC(C)C1CCN1. The quantitative estimate of drug-likeness (QED) is 0.599. The monoisotopic (exact) mass is 158 g/mol. The standard InChI is InChI=1S/C7H14N2O2/c1-5(6-3-4-8-6)9-7(10)11-2/h5-6,8H,3-4H2,1-2H3,(H,9,10). The maximum atomic E-state index is 10.7. The molecular weight excluding hydrogens is 144 g/mol. The first-order valence-corrected chi connectivity index (χ1v) is 3.82. The Bertz CT molecular complexity index is 145. The zero-order valence-electron chi connectivity index (χ0n) is 6.89. The predicted octanol–water partition coefficient (Wildman–Crippen LogP) is 0.0928. The lowest BCUT2D eigenvalue weighted by atomic mass is 10.0. The van der Waals surface area contributed by atoms with Crippen LogP contribution in [0.25, 0.3) is 0 Å². The Labute approximate surface area is 66.3 Å². The van der Waals surface area contributed by atoms with E-state index in [9.17, 15) is 4.79 Å². The largest absolute Gasteiger partial charge is 0.453 e. The number of hydrogen-bond donors (Lipinski definition) is 2. The van der Waals surface area contributed by atoms with E-state index in [2.05, 4.69) is 15.4 Å². The van der Waals surface area contributed by atoms with E-state index in [-0.39, 0.29) is 12.1 Å². The van der Waals surface area contributed by atoms with Crippen LogP contribution in [0.2, 0.25) is 0 Å². The third kappa shape index (κ3) is 2.08. The van der Waals surface area contributed by atoms with Crippen LogP contribution in [-0.2, 0) is 4.74 Å². The van der Waals surface area contributed by atoms with Gasteiger partial charge in [-0.3, -0.25) is 0 Å². The second kappa shape index (κ2) is 3.57. The molecule has 11 heavy (non-hydrogen) atoms. The van der Waals surface area contributed by atoms with Crippen LogP contribution in [0, 0.1) is 0 Å².